The van der Waals surface area contributed by atoms with E-state index in [9.17, 15) is 0 Å². The van der Waals surface area contributed by atoms with E-state index in [4.69, 9.17) is 5.11 Å². The van der Waals surface area contributed by atoms with E-state index in [1.54, 1.807) is 11.3 Å². The van der Waals surface area contributed by atoms with Crippen molar-refractivity contribution >= 4 is 34.0 Å². The summed E-state index contributed by atoms with van der Waals surface area (Å²) in [4.78, 5) is 8.91. The number of aromatic nitrogens is 2. The van der Waals surface area contributed by atoms with Gasteiger partial charge in [0.15, 0.2) is 0 Å². The van der Waals surface area contributed by atoms with Crippen molar-refractivity contribution in [2.24, 2.45) is 0 Å². The van der Waals surface area contributed by atoms with Crippen LogP contribution < -0.4 is 10.6 Å². The summed E-state index contributed by atoms with van der Waals surface area (Å²) in [5, 5.41) is 20.5. The summed E-state index contributed by atoms with van der Waals surface area (Å²) in [6.07, 6.45) is 1.03. The van der Waals surface area contributed by atoms with Crippen molar-refractivity contribution in [3.63, 3.8) is 0 Å². The number of rotatable bonds is 6. The van der Waals surface area contributed by atoms with Gasteiger partial charge in [-0.15, -0.1) is 11.3 Å². The lowest BCUT2D eigenvalue weighted by Crippen LogP contribution is -2.20. The van der Waals surface area contributed by atoms with Crippen LogP contribution in [0.25, 0.3) is 10.9 Å². The predicted octanol–water partition coefficient (Wildman–Crippen LogP) is 2.31. The lowest BCUT2D eigenvalue weighted by atomic mass is 10.3. The Morgan fingerprint density at radius 3 is 2.94 bits per heavy atom. The van der Waals surface area contributed by atoms with Crippen molar-refractivity contribution in [2.75, 3.05) is 23.8 Å². The normalized spacial score (nSPS) is 12.6. The summed E-state index contributed by atoms with van der Waals surface area (Å²) in [7, 11) is 0. The smallest absolute Gasteiger partial charge is 0.225 e. The van der Waals surface area contributed by atoms with Crippen molar-refractivity contribution in [3.05, 3.63) is 10.8 Å². The number of nitrogens with one attached hydrogen (secondary N) is 2. The third-order valence-corrected chi connectivity index (χ3v) is 3.26. The molecule has 0 amide bonds. The minimum Gasteiger partial charge on any atom is -0.394 e. The van der Waals surface area contributed by atoms with Crippen molar-refractivity contribution in [3.8, 4) is 0 Å². The van der Waals surface area contributed by atoms with Gasteiger partial charge in [0.2, 0.25) is 5.95 Å². The van der Waals surface area contributed by atoms with Gasteiger partial charge in [-0.2, -0.15) is 4.98 Å². The standard InChI is InChI=1S/C12H18N4OS/c1-3-4-13-12-15-10-7-18-6-9(10)11(16-12)14-8(2)5-17/h6-8,17H,3-5H2,1-2H3,(H2,13,14,15,16). The van der Waals surface area contributed by atoms with Gasteiger partial charge < -0.3 is 15.7 Å². The van der Waals surface area contributed by atoms with Gasteiger partial charge >= 0.3 is 0 Å². The Hall–Kier alpha value is -1.40. The first kappa shape index (κ1) is 13.0. The molecule has 2 heterocycles. The van der Waals surface area contributed by atoms with Gasteiger partial charge in [0.05, 0.1) is 17.5 Å². The largest absolute Gasteiger partial charge is 0.394 e. The molecule has 98 valence electrons. The molecule has 0 bridgehead atoms. The highest BCUT2D eigenvalue weighted by Crippen LogP contribution is 2.25. The van der Waals surface area contributed by atoms with Crippen molar-refractivity contribution in [2.45, 2.75) is 26.3 Å². The Balaban J connectivity index is 2.32. The highest BCUT2D eigenvalue weighted by molar-refractivity contribution is 7.09. The number of hydrogen-bond donors (Lipinski definition) is 3. The third-order valence-electron chi connectivity index (χ3n) is 2.53. The Morgan fingerprint density at radius 1 is 1.39 bits per heavy atom. The van der Waals surface area contributed by atoms with Crippen LogP contribution in [0.5, 0.6) is 0 Å². The van der Waals surface area contributed by atoms with E-state index in [1.807, 2.05) is 17.7 Å². The number of fused-ring (bicyclic) bond motifs is 1. The number of aliphatic hydroxyl groups excluding tert-OH is 1. The molecule has 2 aromatic rings. The first-order valence-corrected chi connectivity index (χ1v) is 7.04. The summed E-state index contributed by atoms with van der Waals surface area (Å²) in [6.45, 7) is 4.95. The van der Waals surface area contributed by atoms with Gasteiger partial charge in [0.1, 0.15) is 5.82 Å². The van der Waals surface area contributed by atoms with E-state index in [0.717, 1.165) is 29.7 Å². The molecular weight excluding hydrogens is 248 g/mol. The zero-order valence-corrected chi connectivity index (χ0v) is 11.4. The van der Waals surface area contributed by atoms with E-state index in [1.165, 1.54) is 0 Å². The molecular formula is C12H18N4OS. The maximum atomic E-state index is 9.11. The topological polar surface area (TPSA) is 70.1 Å². The quantitative estimate of drug-likeness (QED) is 0.748. The van der Waals surface area contributed by atoms with E-state index in [2.05, 4.69) is 27.5 Å². The van der Waals surface area contributed by atoms with Gasteiger partial charge in [0.25, 0.3) is 0 Å². The zero-order valence-electron chi connectivity index (χ0n) is 10.6. The van der Waals surface area contributed by atoms with Crippen LogP contribution >= 0.6 is 11.3 Å². The Labute approximate surface area is 110 Å². The second kappa shape index (κ2) is 5.97. The lowest BCUT2D eigenvalue weighted by molar-refractivity contribution is 0.281. The SMILES string of the molecule is CCCNc1nc(NC(C)CO)c2cscc2n1. The molecule has 0 aliphatic carbocycles. The first-order chi connectivity index (χ1) is 8.74. The predicted molar refractivity (Wildman–Crippen MR) is 76.4 cm³/mol. The van der Waals surface area contributed by atoms with Crippen LogP contribution in [0, 0.1) is 0 Å². The molecule has 0 aliphatic heterocycles. The molecule has 0 fully saturated rings. The maximum absolute atomic E-state index is 9.11. The van der Waals surface area contributed by atoms with Crippen LogP contribution in [0.3, 0.4) is 0 Å². The van der Waals surface area contributed by atoms with Crippen LogP contribution in [-0.4, -0.2) is 34.3 Å². The minimum atomic E-state index is -0.0259. The average Bonchev–Trinajstić information content (AvgIpc) is 2.84. The molecule has 0 saturated carbocycles. The van der Waals surface area contributed by atoms with Gasteiger partial charge in [0, 0.05) is 23.3 Å². The summed E-state index contributed by atoms with van der Waals surface area (Å²) < 4.78 is 0. The van der Waals surface area contributed by atoms with Crippen LogP contribution in [0.2, 0.25) is 0 Å². The van der Waals surface area contributed by atoms with E-state index >= 15 is 0 Å². The average molecular weight is 266 g/mol. The van der Waals surface area contributed by atoms with Crippen LogP contribution in [0.1, 0.15) is 20.3 Å². The molecule has 1 atom stereocenters. The van der Waals surface area contributed by atoms with Gasteiger partial charge in [-0.1, -0.05) is 6.92 Å². The van der Waals surface area contributed by atoms with Crippen molar-refractivity contribution < 1.29 is 5.11 Å². The number of thiophene rings is 1. The Morgan fingerprint density at radius 2 is 2.22 bits per heavy atom. The van der Waals surface area contributed by atoms with E-state index in [0.29, 0.717) is 5.95 Å². The second-order valence-corrected chi connectivity index (χ2v) is 4.96. The molecule has 2 aromatic heterocycles. The molecule has 3 N–H and O–H groups in total. The van der Waals surface area contributed by atoms with E-state index in [-0.39, 0.29) is 12.6 Å². The molecule has 0 saturated heterocycles. The number of anilines is 2. The monoisotopic (exact) mass is 266 g/mol. The first-order valence-electron chi connectivity index (χ1n) is 6.09. The summed E-state index contributed by atoms with van der Waals surface area (Å²) >= 11 is 1.60. The minimum absolute atomic E-state index is 0.0259. The van der Waals surface area contributed by atoms with E-state index < -0.39 is 0 Å². The second-order valence-electron chi connectivity index (χ2n) is 4.22. The summed E-state index contributed by atoms with van der Waals surface area (Å²) in [5.41, 5.74) is 0.932. The molecule has 6 heteroatoms. The highest BCUT2D eigenvalue weighted by Gasteiger charge is 2.10. The molecule has 2 rings (SSSR count). The molecule has 1 unspecified atom stereocenters. The number of nitrogens with zero attached hydrogens (tertiary/aromatic N) is 2. The molecule has 0 aliphatic rings. The number of aliphatic hydroxyl groups is 1. The Kier molecular flexibility index (Phi) is 4.33. The molecule has 0 aromatic carbocycles. The van der Waals surface area contributed by atoms with Gasteiger partial charge in [-0.3, -0.25) is 0 Å². The van der Waals surface area contributed by atoms with Crippen LogP contribution in [0.15, 0.2) is 10.8 Å². The molecule has 5 nitrogen and oxygen atoms in total. The fourth-order valence-electron chi connectivity index (χ4n) is 1.56. The van der Waals surface area contributed by atoms with Crippen LogP contribution in [-0.2, 0) is 0 Å². The van der Waals surface area contributed by atoms with Crippen LogP contribution in [0.4, 0.5) is 11.8 Å². The maximum Gasteiger partial charge on any atom is 0.225 e. The summed E-state index contributed by atoms with van der Waals surface area (Å²) in [5.74, 6) is 1.41. The third kappa shape index (κ3) is 2.88. The number of hydrogen-bond acceptors (Lipinski definition) is 6. The lowest BCUT2D eigenvalue weighted by Gasteiger charge is -2.13. The van der Waals surface area contributed by atoms with Crippen molar-refractivity contribution in [1.82, 2.24) is 9.97 Å². The molecule has 18 heavy (non-hydrogen) atoms. The van der Waals surface area contributed by atoms with Gasteiger partial charge in [-0.05, 0) is 13.3 Å². The highest BCUT2D eigenvalue weighted by atomic mass is 32.1. The molecule has 0 spiro atoms. The summed E-state index contributed by atoms with van der Waals surface area (Å²) in [6, 6.07) is -0.0259. The van der Waals surface area contributed by atoms with Crippen molar-refractivity contribution in [1.29, 1.82) is 0 Å². The fraction of sp³-hybridized carbons (Fsp3) is 0.500. The molecule has 0 radical (unpaired) electrons. The van der Waals surface area contributed by atoms with Gasteiger partial charge in [-0.25, -0.2) is 4.98 Å². The fourth-order valence-corrected chi connectivity index (χ4v) is 2.31. The Bertz CT molecular complexity index is 514. The zero-order chi connectivity index (χ0) is 13.0.